The normalized spacial score (nSPS) is 11.3. The third-order valence-electron chi connectivity index (χ3n) is 3.93. The molecule has 0 aliphatic rings. The third-order valence-corrected chi connectivity index (χ3v) is 3.93. The lowest BCUT2D eigenvalue weighted by molar-refractivity contribution is 0.567. The largest absolute Gasteiger partial charge is 0.382 e. The summed E-state index contributed by atoms with van der Waals surface area (Å²) in [5.41, 5.74) is 6.00. The van der Waals surface area contributed by atoms with Crippen molar-refractivity contribution in [1.82, 2.24) is 24.7 Å². The number of fused-ring (bicyclic) bond motifs is 1. The highest BCUT2D eigenvalue weighted by Crippen LogP contribution is 2.28. The summed E-state index contributed by atoms with van der Waals surface area (Å²) in [7, 11) is 0. The molecule has 0 saturated heterocycles. The number of imidazole rings is 1. The molecule has 1 aromatic carbocycles. The minimum Gasteiger partial charge on any atom is -0.382 e. The molecule has 0 bridgehead atoms. The molecule has 9 heteroatoms. The van der Waals surface area contributed by atoms with Crippen molar-refractivity contribution in [2.45, 2.75) is 6.92 Å². The number of para-hydroxylation sites is 1. The van der Waals surface area contributed by atoms with Crippen LogP contribution in [0.25, 0.3) is 27.8 Å². The van der Waals surface area contributed by atoms with E-state index in [0.717, 1.165) is 16.7 Å². The maximum Gasteiger partial charge on any atom is 0.268 e. The Balaban J connectivity index is 2.15. The zero-order chi connectivity index (χ0) is 17.7. The summed E-state index contributed by atoms with van der Waals surface area (Å²) >= 11 is 0. The van der Waals surface area contributed by atoms with Crippen molar-refractivity contribution < 1.29 is 8.78 Å². The standard InChI is InChI=1S/C16H12F2N6O/c1-7-20-5-11(21-7)8-6-24(14-9(17)3-2-4-10(14)18)16(25)12-13(8)22-23-15(12)19/h2-6H,1H3,(H,20,21)(H3,19,22,23). The molecule has 0 radical (unpaired) electrons. The van der Waals surface area contributed by atoms with Gasteiger partial charge in [-0.05, 0) is 19.1 Å². The van der Waals surface area contributed by atoms with Crippen molar-refractivity contribution in [1.29, 1.82) is 0 Å². The van der Waals surface area contributed by atoms with Gasteiger partial charge in [-0.3, -0.25) is 14.5 Å². The van der Waals surface area contributed by atoms with Crippen LogP contribution in [-0.2, 0) is 0 Å². The van der Waals surface area contributed by atoms with E-state index < -0.39 is 22.9 Å². The zero-order valence-electron chi connectivity index (χ0n) is 13.0. The Morgan fingerprint density at radius 2 is 1.96 bits per heavy atom. The van der Waals surface area contributed by atoms with Gasteiger partial charge in [0.1, 0.15) is 28.5 Å². The lowest BCUT2D eigenvalue weighted by Crippen LogP contribution is -2.21. The van der Waals surface area contributed by atoms with E-state index in [4.69, 9.17) is 5.73 Å². The number of aryl methyl sites for hydroxylation is 1. The van der Waals surface area contributed by atoms with Crippen LogP contribution < -0.4 is 11.3 Å². The van der Waals surface area contributed by atoms with Crippen LogP contribution in [0.15, 0.2) is 35.4 Å². The smallest absolute Gasteiger partial charge is 0.268 e. The van der Waals surface area contributed by atoms with Crippen molar-refractivity contribution in [3.8, 4) is 16.9 Å². The van der Waals surface area contributed by atoms with Crippen molar-refractivity contribution in [3.05, 3.63) is 58.4 Å². The highest BCUT2D eigenvalue weighted by Gasteiger charge is 2.20. The number of aromatic amines is 2. The number of nitrogen functional groups attached to an aromatic ring is 1. The molecule has 0 spiro atoms. The Labute approximate surface area is 139 Å². The molecule has 0 atom stereocenters. The number of hydrogen-bond acceptors (Lipinski definition) is 4. The summed E-state index contributed by atoms with van der Waals surface area (Å²) in [4.78, 5) is 19.9. The second-order valence-corrected chi connectivity index (χ2v) is 5.53. The Bertz CT molecular complexity index is 1150. The van der Waals surface area contributed by atoms with Crippen LogP contribution in [-0.4, -0.2) is 24.7 Å². The molecule has 0 saturated carbocycles. The lowest BCUT2D eigenvalue weighted by Gasteiger charge is -2.11. The molecule has 3 aromatic heterocycles. The van der Waals surface area contributed by atoms with Crippen molar-refractivity contribution in [2.75, 3.05) is 5.73 Å². The summed E-state index contributed by atoms with van der Waals surface area (Å²) in [5, 5.41) is 6.58. The van der Waals surface area contributed by atoms with Crippen LogP contribution in [0.1, 0.15) is 5.82 Å². The first-order valence-electron chi connectivity index (χ1n) is 7.33. The van der Waals surface area contributed by atoms with Crippen LogP contribution in [0.5, 0.6) is 0 Å². The number of pyridine rings is 1. The summed E-state index contributed by atoms with van der Waals surface area (Å²) in [5.74, 6) is -1.14. The molecular formula is C16H12F2N6O. The Kier molecular flexibility index (Phi) is 3.17. The molecule has 4 N–H and O–H groups in total. The maximum absolute atomic E-state index is 14.2. The van der Waals surface area contributed by atoms with Crippen LogP contribution in [0.4, 0.5) is 14.6 Å². The van der Waals surface area contributed by atoms with Crippen molar-refractivity contribution >= 4 is 16.7 Å². The molecule has 0 unspecified atom stereocenters. The maximum atomic E-state index is 14.2. The molecule has 4 rings (SSSR count). The Hall–Kier alpha value is -3.49. The molecule has 7 nitrogen and oxygen atoms in total. The van der Waals surface area contributed by atoms with Gasteiger partial charge >= 0.3 is 0 Å². The summed E-state index contributed by atoms with van der Waals surface area (Å²) in [6.07, 6.45) is 2.88. The van der Waals surface area contributed by atoms with Gasteiger partial charge in [0.15, 0.2) is 5.82 Å². The number of anilines is 1. The van der Waals surface area contributed by atoms with Gasteiger partial charge in [0.2, 0.25) is 0 Å². The molecular weight excluding hydrogens is 330 g/mol. The monoisotopic (exact) mass is 342 g/mol. The van der Waals surface area contributed by atoms with Gasteiger partial charge in [-0.15, -0.1) is 0 Å². The predicted molar refractivity (Wildman–Crippen MR) is 88.3 cm³/mol. The van der Waals surface area contributed by atoms with E-state index >= 15 is 0 Å². The summed E-state index contributed by atoms with van der Waals surface area (Å²) in [6, 6.07) is 3.38. The van der Waals surface area contributed by atoms with Gasteiger partial charge in [-0.2, -0.15) is 5.10 Å². The molecule has 4 aromatic rings. The number of rotatable bonds is 2. The molecule has 25 heavy (non-hydrogen) atoms. The number of halogens is 2. The SMILES string of the molecule is Cc1ncc(-c2cn(-c3c(F)cccc3F)c(=O)c3c(N)n[nH]c23)[nH]1. The van der Waals surface area contributed by atoms with Gasteiger partial charge < -0.3 is 10.7 Å². The number of aromatic nitrogens is 5. The van der Waals surface area contributed by atoms with Gasteiger partial charge in [-0.25, -0.2) is 13.8 Å². The number of hydrogen-bond donors (Lipinski definition) is 3. The highest BCUT2D eigenvalue weighted by atomic mass is 19.1. The van der Waals surface area contributed by atoms with E-state index in [9.17, 15) is 13.6 Å². The average molecular weight is 342 g/mol. The molecule has 0 fully saturated rings. The van der Waals surface area contributed by atoms with E-state index in [1.807, 2.05) is 0 Å². The number of nitrogens with two attached hydrogens (primary N) is 1. The van der Waals surface area contributed by atoms with Gasteiger partial charge in [0.05, 0.1) is 17.4 Å². The van der Waals surface area contributed by atoms with E-state index in [0.29, 0.717) is 22.6 Å². The number of nitrogens with one attached hydrogen (secondary N) is 2. The van der Waals surface area contributed by atoms with Gasteiger partial charge in [0, 0.05) is 11.8 Å². The van der Waals surface area contributed by atoms with Crippen molar-refractivity contribution in [3.63, 3.8) is 0 Å². The average Bonchev–Trinajstić information content (AvgIpc) is 3.16. The van der Waals surface area contributed by atoms with E-state index in [1.54, 1.807) is 13.1 Å². The summed E-state index contributed by atoms with van der Waals surface area (Å²) < 4.78 is 29.3. The number of H-pyrrole nitrogens is 2. The zero-order valence-corrected chi connectivity index (χ0v) is 13.0. The number of benzene rings is 1. The minimum atomic E-state index is -0.866. The molecule has 126 valence electrons. The first kappa shape index (κ1) is 15.1. The molecule has 0 aliphatic carbocycles. The minimum absolute atomic E-state index is 0.0485. The summed E-state index contributed by atoms with van der Waals surface area (Å²) in [6.45, 7) is 1.76. The van der Waals surface area contributed by atoms with E-state index in [2.05, 4.69) is 20.2 Å². The number of nitrogens with zero attached hydrogens (tertiary/aromatic N) is 3. The second kappa shape index (κ2) is 5.26. The topological polar surface area (TPSA) is 105 Å². The second-order valence-electron chi connectivity index (χ2n) is 5.53. The van der Waals surface area contributed by atoms with E-state index in [1.165, 1.54) is 12.3 Å². The lowest BCUT2D eigenvalue weighted by atomic mass is 10.1. The molecule has 0 amide bonds. The van der Waals surface area contributed by atoms with Crippen LogP contribution >= 0.6 is 0 Å². The van der Waals surface area contributed by atoms with E-state index in [-0.39, 0.29) is 11.2 Å². The van der Waals surface area contributed by atoms with Crippen LogP contribution in [0.2, 0.25) is 0 Å². The highest BCUT2D eigenvalue weighted by molar-refractivity contribution is 5.97. The Morgan fingerprint density at radius 1 is 1.24 bits per heavy atom. The molecule has 3 heterocycles. The first-order valence-corrected chi connectivity index (χ1v) is 7.33. The van der Waals surface area contributed by atoms with Gasteiger partial charge in [-0.1, -0.05) is 6.07 Å². The fourth-order valence-corrected chi connectivity index (χ4v) is 2.79. The quantitative estimate of drug-likeness (QED) is 0.519. The van der Waals surface area contributed by atoms with Crippen molar-refractivity contribution in [2.24, 2.45) is 0 Å². The first-order chi connectivity index (χ1) is 12.0. The predicted octanol–water partition coefficient (Wildman–Crippen LogP) is 2.27. The van der Waals surface area contributed by atoms with Crippen LogP contribution in [0.3, 0.4) is 0 Å². The third kappa shape index (κ3) is 2.20. The Morgan fingerprint density at radius 3 is 2.60 bits per heavy atom. The van der Waals surface area contributed by atoms with Gasteiger partial charge in [0.25, 0.3) is 5.56 Å². The fourth-order valence-electron chi connectivity index (χ4n) is 2.79. The van der Waals surface area contributed by atoms with Crippen LogP contribution in [0, 0.1) is 18.6 Å². The fraction of sp³-hybridized carbons (Fsp3) is 0.0625. The molecule has 0 aliphatic heterocycles.